The molecule has 1 atom stereocenters. The largest absolute Gasteiger partial charge is 0.508 e. The summed E-state index contributed by atoms with van der Waals surface area (Å²) in [5.74, 6) is 0.342. The highest BCUT2D eigenvalue weighted by Crippen LogP contribution is 2.11. The van der Waals surface area contributed by atoms with E-state index in [0.717, 1.165) is 13.0 Å². The fraction of sp³-hybridized carbons (Fsp3) is 0.625. The van der Waals surface area contributed by atoms with E-state index in [-0.39, 0.29) is 0 Å². The molecule has 1 unspecified atom stereocenters. The van der Waals surface area contributed by atoms with Gasteiger partial charge in [-0.15, -0.1) is 0 Å². The van der Waals surface area contributed by atoms with Crippen molar-refractivity contribution in [3.63, 3.8) is 0 Å². The van der Waals surface area contributed by atoms with Crippen molar-refractivity contribution in [1.29, 1.82) is 0 Å². The quantitative estimate of drug-likeness (QED) is 0.826. The Labute approximate surface area is 116 Å². The normalized spacial score (nSPS) is 18.4. The molecule has 1 heterocycles. The molecule has 2 N–H and O–H groups in total. The molecule has 1 aliphatic heterocycles. The molecule has 0 spiro atoms. The first-order chi connectivity index (χ1) is 9.24. The maximum absolute atomic E-state index is 9.26. The Balaban J connectivity index is 1.63. The molecule has 0 amide bonds. The fourth-order valence-electron chi connectivity index (χ4n) is 2.71. The van der Waals surface area contributed by atoms with E-state index < -0.39 is 0 Å². The molecular weight excluding hydrogens is 236 g/mol. The van der Waals surface area contributed by atoms with Gasteiger partial charge in [0.2, 0.25) is 0 Å². The Morgan fingerprint density at radius 3 is 2.53 bits per heavy atom. The van der Waals surface area contributed by atoms with Crippen LogP contribution in [0, 0.1) is 0 Å². The lowest BCUT2D eigenvalue weighted by molar-refractivity contribution is 0.226. The maximum atomic E-state index is 9.26. The second-order valence-corrected chi connectivity index (χ2v) is 5.63. The summed E-state index contributed by atoms with van der Waals surface area (Å²) in [6.45, 7) is 7.00. The number of phenolic OH excluding ortho intramolecular Hbond substituents is 1. The number of hydrogen-bond acceptors (Lipinski definition) is 3. The van der Waals surface area contributed by atoms with Crippen LogP contribution in [0.1, 0.15) is 31.7 Å². The van der Waals surface area contributed by atoms with Crippen molar-refractivity contribution in [3.8, 4) is 5.75 Å². The van der Waals surface area contributed by atoms with Gasteiger partial charge in [-0.05, 0) is 57.0 Å². The monoisotopic (exact) mass is 262 g/mol. The van der Waals surface area contributed by atoms with Crippen LogP contribution >= 0.6 is 0 Å². The van der Waals surface area contributed by atoms with E-state index in [9.17, 15) is 5.11 Å². The van der Waals surface area contributed by atoms with Crippen molar-refractivity contribution in [2.24, 2.45) is 0 Å². The topological polar surface area (TPSA) is 35.5 Å². The van der Waals surface area contributed by atoms with Gasteiger partial charge in [0, 0.05) is 19.1 Å². The third-order valence-electron chi connectivity index (χ3n) is 3.85. The highest BCUT2D eigenvalue weighted by molar-refractivity contribution is 5.26. The summed E-state index contributed by atoms with van der Waals surface area (Å²) in [5, 5.41) is 12.8. The zero-order chi connectivity index (χ0) is 13.5. The SMILES string of the molecule is CC(Cc1ccc(O)cc1)NCCN1CCCCC1. The summed E-state index contributed by atoms with van der Waals surface area (Å²) >= 11 is 0. The highest BCUT2D eigenvalue weighted by Gasteiger charge is 2.10. The van der Waals surface area contributed by atoms with Crippen LogP contribution in [0.2, 0.25) is 0 Å². The van der Waals surface area contributed by atoms with E-state index in [4.69, 9.17) is 0 Å². The summed E-state index contributed by atoms with van der Waals surface area (Å²) in [5.41, 5.74) is 1.27. The Morgan fingerprint density at radius 1 is 1.16 bits per heavy atom. The molecule has 1 saturated heterocycles. The number of nitrogens with one attached hydrogen (secondary N) is 1. The zero-order valence-electron chi connectivity index (χ0n) is 11.9. The van der Waals surface area contributed by atoms with Crippen molar-refractivity contribution in [2.45, 2.75) is 38.6 Å². The van der Waals surface area contributed by atoms with E-state index in [0.29, 0.717) is 11.8 Å². The van der Waals surface area contributed by atoms with Gasteiger partial charge in [0.15, 0.2) is 0 Å². The molecule has 0 aromatic heterocycles. The van der Waals surface area contributed by atoms with Crippen molar-refractivity contribution in [2.75, 3.05) is 26.2 Å². The van der Waals surface area contributed by atoms with Crippen molar-refractivity contribution >= 4 is 0 Å². The second-order valence-electron chi connectivity index (χ2n) is 5.63. The van der Waals surface area contributed by atoms with E-state index in [2.05, 4.69) is 17.1 Å². The van der Waals surface area contributed by atoms with Gasteiger partial charge in [0.25, 0.3) is 0 Å². The molecule has 3 heteroatoms. The molecule has 0 saturated carbocycles. The summed E-state index contributed by atoms with van der Waals surface area (Å²) in [7, 11) is 0. The minimum Gasteiger partial charge on any atom is -0.508 e. The van der Waals surface area contributed by atoms with Crippen LogP contribution in [0.4, 0.5) is 0 Å². The zero-order valence-corrected chi connectivity index (χ0v) is 11.9. The van der Waals surface area contributed by atoms with Gasteiger partial charge in [-0.1, -0.05) is 18.6 Å². The van der Waals surface area contributed by atoms with Gasteiger partial charge < -0.3 is 15.3 Å². The Hall–Kier alpha value is -1.06. The Kier molecular flexibility index (Phi) is 5.67. The highest BCUT2D eigenvalue weighted by atomic mass is 16.3. The number of nitrogens with zero attached hydrogens (tertiary/aromatic N) is 1. The minimum atomic E-state index is 0.342. The van der Waals surface area contributed by atoms with Crippen molar-refractivity contribution in [1.82, 2.24) is 10.2 Å². The minimum absolute atomic E-state index is 0.342. The van der Waals surface area contributed by atoms with Gasteiger partial charge in [0.05, 0.1) is 0 Å². The predicted octanol–water partition coefficient (Wildman–Crippen LogP) is 2.40. The summed E-state index contributed by atoms with van der Waals surface area (Å²) in [4.78, 5) is 2.56. The molecule has 3 nitrogen and oxygen atoms in total. The standard InChI is InChI=1S/C16H26N2O/c1-14(13-15-5-7-16(19)8-6-15)17-9-12-18-10-3-2-4-11-18/h5-8,14,17,19H,2-4,9-13H2,1H3. The second kappa shape index (κ2) is 7.51. The van der Waals surface area contributed by atoms with Gasteiger partial charge in [-0.2, -0.15) is 0 Å². The molecule has 106 valence electrons. The number of rotatable bonds is 6. The average Bonchev–Trinajstić information content (AvgIpc) is 2.43. The molecule has 0 bridgehead atoms. The van der Waals surface area contributed by atoms with Crippen LogP contribution in [-0.4, -0.2) is 42.2 Å². The summed E-state index contributed by atoms with van der Waals surface area (Å²) in [6.07, 6.45) is 5.15. The van der Waals surface area contributed by atoms with Crippen LogP contribution in [-0.2, 0) is 6.42 Å². The van der Waals surface area contributed by atoms with Crippen LogP contribution in [0.3, 0.4) is 0 Å². The average molecular weight is 262 g/mol. The van der Waals surface area contributed by atoms with Crippen molar-refractivity contribution < 1.29 is 5.11 Å². The number of phenols is 1. The van der Waals surface area contributed by atoms with Crippen molar-refractivity contribution in [3.05, 3.63) is 29.8 Å². The molecule has 0 radical (unpaired) electrons. The lowest BCUT2D eigenvalue weighted by Gasteiger charge is -2.27. The number of hydrogen-bond donors (Lipinski definition) is 2. The summed E-state index contributed by atoms with van der Waals surface area (Å²) in [6, 6.07) is 8.00. The Morgan fingerprint density at radius 2 is 1.84 bits per heavy atom. The smallest absolute Gasteiger partial charge is 0.115 e. The Bertz CT molecular complexity index is 358. The molecule has 1 aromatic carbocycles. The molecule has 1 fully saturated rings. The lowest BCUT2D eigenvalue weighted by atomic mass is 10.1. The first-order valence-electron chi connectivity index (χ1n) is 7.48. The van der Waals surface area contributed by atoms with Crippen LogP contribution in [0.25, 0.3) is 0 Å². The number of piperidine rings is 1. The molecular formula is C16H26N2O. The first kappa shape index (κ1) is 14.4. The maximum Gasteiger partial charge on any atom is 0.115 e. The van der Waals surface area contributed by atoms with Crippen LogP contribution < -0.4 is 5.32 Å². The van der Waals surface area contributed by atoms with Gasteiger partial charge >= 0.3 is 0 Å². The third-order valence-corrected chi connectivity index (χ3v) is 3.85. The number of likely N-dealkylation sites (tertiary alicyclic amines) is 1. The lowest BCUT2D eigenvalue weighted by Crippen LogP contribution is -2.39. The van der Waals surface area contributed by atoms with E-state index in [1.165, 1.54) is 44.5 Å². The molecule has 1 aliphatic rings. The van der Waals surface area contributed by atoms with E-state index >= 15 is 0 Å². The summed E-state index contributed by atoms with van der Waals surface area (Å²) < 4.78 is 0. The molecule has 19 heavy (non-hydrogen) atoms. The fourth-order valence-corrected chi connectivity index (χ4v) is 2.71. The van der Waals surface area contributed by atoms with Crippen LogP contribution in [0.5, 0.6) is 5.75 Å². The van der Waals surface area contributed by atoms with E-state index in [1.54, 1.807) is 12.1 Å². The third kappa shape index (κ3) is 5.21. The van der Waals surface area contributed by atoms with E-state index in [1.807, 2.05) is 12.1 Å². The number of benzene rings is 1. The molecule has 2 rings (SSSR count). The van der Waals surface area contributed by atoms with Gasteiger partial charge in [-0.3, -0.25) is 0 Å². The first-order valence-corrected chi connectivity index (χ1v) is 7.48. The molecule has 0 aliphatic carbocycles. The predicted molar refractivity (Wildman–Crippen MR) is 79.6 cm³/mol. The van der Waals surface area contributed by atoms with Gasteiger partial charge in [0.1, 0.15) is 5.75 Å². The molecule has 1 aromatic rings. The van der Waals surface area contributed by atoms with Gasteiger partial charge in [-0.25, -0.2) is 0 Å². The van der Waals surface area contributed by atoms with Crippen LogP contribution in [0.15, 0.2) is 24.3 Å². The number of aromatic hydroxyl groups is 1.